The second-order valence-corrected chi connectivity index (χ2v) is 5.14. The number of nitrogens with one attached hydrogen (secondary N) is 1. The van der Waals surface area contributed by atoms with E-state index in [4.69, 9.17) is 0 Å². The van der Waals surface area contributed by atoms with Gasteiger partial charge < -0.3 is 10.4 Å². The molecule has 1 atom stereocenters. The Morgan fingerprint density at radius 3 is 2.45 bits per heavy atom. The second-order valence-electron chi connectivity index (χ2n) is 5.14. The predicted octanol–water partition coefficient (Wildman–Crippen LogP) is 2.65. The standard InChI is InChI=1S/C15H18FNO3/c16-12-9-5-4-8-11(12)13(15(19)20)17-14(18)10-6-2-1-3-7-10/h4-5,8-10,13H,1-3,6-7H2,(H,17,18)(H,19,20). The van der Waals surface area contributed by atoms with Crippen molar-refractivity contribution in [2.24, 2.45) is 5.92 Å². The van der Waals surface area contributed by atoms with Gasteiger partial charge >= 0.3 is 5.97 Å². The molecule has 2 N–H and O–H groups in total. The van der Waals surface area contributed by atoms with Crippen molar-refractivity contribution in [2.45, 2.75) is 38.1 Å². The van der Waals surface area contributed by atoms with Crippen molar-refractivity contribution in [3.8, 4) is 0 Å². The van der Waals surface area contributed by atoms with Crippen LogP contribution < -0.4 is 5.32 Å². The first-order valence-electron chi connectivity index (χ1n) is 6.87. The molecule has 1 unspecified atom stereocenters. The summed E-state index contributed by atoms with van der Waals surface area (Å²) in [5.41, 5.74) is -0.0100. The minimum atomic E-state index is -1.33. The molecule has 0 aromatic heterocycles. The van der Waals surface area contributed by atoms with Crippen LogP contribution in [0.1, 0.15) is 43.7 Å². The molecule has 1 aromatic carbocycles. The second kappa shape index (κ2) is 6.50. The van der Waals surface area contributed by atoms with Gasteiger partial charge in [-0.05, 0) is 18.9 Å². The van der Waals surface area contributed by atoms with Crippen molar-refractivity contribution in [3.63, 3.8) is 0 Å². The third-order valence-corrected chi connectivity index (χ3v) is 3.73. The number of aliphatic carboxylic acids is 1. The van der Waals surface area contributed by atoms with Gasteiger partial charge in [-0.25, -0.2) is 9.18 Å². The van der Waals surface area contributed by atoms with Crippen LogP contribution in [-0.2, 0) is 9.59 Å². The maximum Gasteiger partial charge on any atom is 0.331 e. The molecule has 1 amide bonds. The highest BCUT2D eigenvalue weighted by Gasteiger charge is 2.28. The van der Waals surface area contributed by atoms with Crippen molar-refractivity contribution in [1.29, 1.82) is 0 Å². The van der Waals surface area contributed by atoms with Crippen molar-refractivity contribution < 1.29 is 19.1 Å². The van der Waals surface area contributed by atoms with E-state index in [0.717, 1.165) is 32.1 Å². The van der Waals surface area contributed by atoms with Gasteiger partial charge in [-0.2, -0.15) is 0 Å². The molecule has 0 aliphatic heterocycles. The third-order valence-electron chi connectivity index (χ3n) is 3.73. The topological polar surface area (TPSA) is 66.4 Å². The number of carboxylic acid groups (broad SMARTS) is 1. The zero-order valence-corrected chi connectivity index (χ0v) is 11.1. The number of carboxylic acids is 1. The number of carbonyl (C=O) groups is 2. The summed E-state index contributed by atoms with van der Waals surface area (Å²) in [7, 11) is 0. The molecule has 2 rings (SSSR count). The molecule has 0 bridgehead atoms. The fourth-order valence-electron chi connectivity index (χ4n) is 2.61. The van der Waals surface area contributed by atoms with E-state index in [2.05, 4.69) is 5.32 Å². The first kappa shape index (κ1) is 14.5. The lowest BCUT2D eigenvalue weighted by Crippen LogP contribution is -2.38. The molecule has 1 aliphatic carbocycles. The smallest absolute Gasteiger partial charge is 0.331 e. The number of hydrogen-bond acceptors (Lipinski definition) is 2. The molecule has 0 saturated heterocycles. The zero-order valence-electron chi connectivity index (χ0n) is 11.1. The van der Waals surface area contributed by atoms with Crippen LogP contribution in [0.2, 0.25) is 0 Å². The van der Waals surface area contributed by atoms with Crippen LogP contribution in [0.15, 0.2) is 24.3 Å². The van der Waals surface area contributed by atoms with E-state index in [-0.39, 0.29) is 17.4 Å². The van der Waals surface area contributed by atoms with Gasteiger partial charge in [-0.3, -0.25) is 4.79 Å². The number of benzene rings is 1. The molecule has 0 radical (unpaired) electrons. The van der Waals surface area contributed by atoms with Crippen LogP contribution in [-0.4, -0.2) is 17.0 Å². The van der Waals surface area contributed by atoms with Crippen LogP contribution in [0.25, 0.3) is 0 Å². The highest BCUT2D eigenvalue weighted by molar-refractivity contribution is 5.85. The molecule has 5 heteroatoms. The molecule has 4 nitrogen and oxygen atoms in total. The molecule has 1 fully saturated rings. The largest absolute Gasteiger partial charge is 0.479 e. The van der Waals surface area contributed by atoms with E-state index < -0.39 is 17.8 Å². The summed E-state index contributed by atoms with van der Waals surface area (Å²) < 4.78 is 13.7. The van der Waals surface area contributed by atoms with Gasteiger partial charge in [0.05, 0.1) is 0 Å². The number of amides is 1. The molecular weight excluding hydrogens is 261 g/mol. The fourth-order valence-corrected chi connectivity index (χ4v) is 2.61. The van der Waals surface area contributed by atoms with Gasteiger partial charge in [0.2, 0.25) is 5.91 Å². The van der Waals surface area contributed by atoms with Gasteiger partial charge in [0, 0.05) is 11.5 Å². The molecule has 1 aromatic rings. The minimum Gasteiger partial charge on any atom is -0.479 e. The fraction of sp³-hybridized carbons (Fsp3) is 0.467. The van der Waals surface area contributed by atoms with Crippen molar-refractivity contribution in [1.82, 2.24) is 5.32 Å². The van der Waals surface area contributed by atoms with E-state index in [1.165, 1.54) is 18.2 Å². The van der Waals surface area contributed by atoms with Crippen molar-refractivity contribution >= 4 is 11.9 Å². The summed E-state index contributed by atoms with van der Waals surface area (Å²) in [6.45, 7) is 0. The number of hydrogen-bond donors (Lipinski definition) is 2. The minimum absolute atomic E-state index is 0.0100. The molecule has 1 saturated carbocycles. The lowest BCUT2D eigenvalue weighted by Gasteiger charge is -2.23. The Kier molecular flexibility index (Phi) is 4.71. The van der Waals surface area contributed by atoms with Gasteiger partial charge in [0.25, 0.3) is 0 Å². The first-order chi connectivity index (χ1) is 9.59. The quantitative estimate of drug-likeness (QED) is 0.890. The molecular formula is C15H18FNO3. The van der Waals surface area contributed by atoms with E-state index in [1.54, 1.807) is 6.07 Å². The summed E-state index contributed by atoms with van der Waals surface area (Å²) in [6, 6.07) is 4.29. The lowest BCUT2D eigenvalue weighted by molar-refractivity contribution is -0.143. The Morgan fingerprint density at radius 2 is 1.85 bits per heavy atom. The molecule has 20 heavy (non-hydrogen) atoms. The van der Waals surface area contributed by atoms with E-state index in [0.29, 0.717) is 0 Å². The van der Waals surface area contributed by atoms with Crippen LogP contribution in [0.5, 0.6) is 0 Å². The highest BCUT2D eigenvalue weighted by Crippen LogP contribution is 2.25. The first-order valence-corrected chi connectivity index (χ1v) is 6.87. The molecule has 1 aliphatic rings. The Balaban J connectivity index is 2.12. The number of carbonyl (C=O) groups excluding carboxylic acids is 1. The van der Waals surface area contributed by atoms with E-state index >= 15 is 0 Å². The summed E-state index contributed by atoms with van der Waals surface area (Å²) in [4.78, 5) is 23.4. The Labute approximate surface area is 117 Å². The van der Waals surface area contributed by atoms with Crippen LogP contribution in [0.4, 0.5) is 4.39 Å². The lowest BCUT2D eigenvalue weighted by atomic mass is 9.88. The van der Waals surface area contributed by atoms with Gasteiger partial charge in [0.1, 0.15) is 5.82 Å². The average Bonchev–Trinajstić information content (AvgIpc) is 2.46. The Morgan fingerprint density at radius 1 is 1.20 bits per heavy atom. The Bertz CT molecular complexity index is 498. The monoisotopic (exact) mass is 279 g/mol. The highest BCUT2D eigenvalue weighted by atomic mass is 19.1. The van der Waals surface area contributed by atoms with Gasteiger partial charge in [0.15, 0.2) is 6.04 Å². The zero-order chi connectivity index (χ0) is 14.5. The molecule has 108 valence electrons. The van der Waals surface area contributed by atoms with Crippen molar-refractivity contribution in [3.05, 3.63) is 35.6 Å². The molecule has 0 heterocycles. The van der Waals surface area contributed by atoms with Crippen LogP contribution in [0, 0.1) is 11.7 Å². The van der Waals surface area contributed by atoms with E-state index in [1.807, 2.05) is 0 Å². The summed E-state index contributed by atoms with van der Waals surface area (Å²) in [5.74, 6) is -2.32. The number of halogens is 1. The van der Waals surface area contributed by atoms with Crippen LogP contribution >= 0.6 is 0 Å². The van der Waals surface area contributed by atoms with Gasteiger partial charge in [-0.15, -0.1) is 0 Å². The maximum atomic E-state index is 13.7. The SMILES string of the molecule is O=C(NC(C(=O)O)c1ccccc1F)C1CCCCC1. The summed E-state index contributed by atoms with van der Waals surface area (Å²) >= 11 is 0. The number of rotatable bonds is 4. The average molecular weight is 279 g/mol. The van der Waals surface area contributed by atoms with Gasteiger partial charge in [-0.1, -0.05) is 37.5 Å². The normalized spacial score (nSPS) is 17.4. The summed E-state index contributed by atoms with van der Waals surface area (Å²) in [5, 5.41) is 11.7. The maximum absolute atomic E-state index is 13.7. The third kappa shape index (κ3) is 3.35. The summed E-state index contributed by atoms with van der Waals surface area (Å²) in [6.07, 6.45) is 4.62. The Hall–Kier alpha value is -1.91. The van der Waals surface area contributed by atoms with E-state index in [9.17, 15) is 19.1 Å². The van der Waals surface area contributed by atoms with Crippen molar-refractivity contribution in [2.75, 3.05) is 0 Å². The van der Waals surface area contributed by atoms with Crippen LogP contribution in [0.3, 0.4) is 0 Å². The predicted molar refractivity (Wildman–Crippen MR) is 71.5 cm³/mol. The molecule has 0 spiro atoms.